The van der Waals surface area contributed by atoms with Crippen LogP contribution in [0.3, 0.4) is 0 Å². The number of aromatic nitrogens is 2. The second kappa shape index (κ2) is 14.0. The van der Waals surface area contributed by atoms with Crippen molar-refractivity contribution in [2.24, 2.45) is 17.8 Å². The summed E-state index contributed by atoms with van der Waals surface area (Å²) in [7, 11) is 0. The summed E-state index contributed by atoms with van der Waals surface area (Å²) in [5.41, 5.74) is 19.0. The molecule has 4 bridgehead atoms. The second-order valence-electron chi connectivity index (χ2n) is 20.3. The van der Waals surface area contributed by atoms with Gasteiger partial charge in [0.15, 0.2) is 5.82 Å². The lowest BCUT2D eigenvalue weighted by Gasteiger charge is -2.57. The summed E-state index contributed by atoms with van der Waals surface area (Å²) in [5.74, 6) is 3.43. The first-order valence-corrected chi connectivity index (χ1v) is 23.9. The molecule has 0 unspecified atom stereocenters. The summed E-state index contributed by atoms with van der Waals surface area (Å²) in [6, 6.07) is 60.7. The molecular formula is C61H50N2O. The number of hydrogen-bond acceptors (Lipinski definition) is 3. The molecular weight excluding hydrogens is 777 g/mol. The van der Waals surface area contributed by atoms with Crippen molar-refractivity contribution in [1.29, 1.82) is 0 Å². The maximum absolute atomic E-state index is 6.83. The molecule has 0 aliphatic heterocycles. The smallest absolute Gasteiger partial charge is 0.164 e. The SMILES string of the molecule is c1ccc(-c2cccc(-c3cc(-c4ccc5c(c4)C4(CCCC4)c4ccccc4-5)nc(-c4cc(-c5ccc(C67CC8CC(CC(C8)C6)C7)cc5)cc5c4oc4ccccc45)n3)c2)cc1. The van der Waals surface area contributed by atoms with Crippen LogP contribution in [0.25, 0.3) is 89.2 Å². The predicted octanol–water partition coefficient (Wildman–Crippen LogP) is 16.0. The van der Waals surface area contributed by atoms with Crippen molar-refractivity contribution in [1.82, 2.24) is 9.97 Å². The van der Waals surface area contributed by atoms with Gasteiger partial charge in [-0.05, 0) is 161 Å². The van der Waals surface area contributed by atoms with Gasteiger partial charge in [-0.25, -0.2) is 9.97 Å². The van der Waals surface area contributed by atoms with Crippen molar-refractivity contribution in [3.05, 3.63) is 180 Å². The molecule has 15 rings (SSSR count). The second-order valence-corrected chi connectivity index (χ2v) is 20.3. The first kappa shape index (κ1) is 36.9. The standard InChI is InChI=1S/C61H50N2O/c1-2-11-41(12-3-1)43-13-10-14-44(30-43)55-34-56(45-21-24-49-48-15-4-6-17-53(48)61(54(49)33-45)25-8-9-26-61)63-59(62-55)52-32-46(31-51-50-16-5-7-18-57(50)64-58(51)52)42-19-22-47(23-20-42)60-35-38-27-39(36-60)29-40(28-38)37-60/h1-7,10-24,30-34,38-40H,8-9,25-29,35-37H2. The molecule has 5 fully saturated rings. The van der Waals surface area contributed by atoms with Gasteiger partial charge in [0.25, 0.3) is 0 Å². The Morgan fingerprint density at radius 1 is 0.438 bits per heavy atom. The fourth-order valence-corrected chi connectivity index (χ4v) is 14.1. The number of hydrogen-bond donors (Lipinski definition) is 0. The summed E-state index contributed by atoms with van der Waals surface area (Å²) in [6.07, 6.45) is 13.4. The van der Waals surface area contributed by atoms with Gasteiger partial charge >= 0.3 is 0 Å². The predicted molar refractivity (Wildman–Crippen MR) is 261 cm³/mol. The van der Waals surface area contributed by atoms with Crippen molar-refractivity contribution >= 4 is 21.9 Å². The van der Waals surface area contributed by atoms with Crippen molar-refractivity contribution in [3.8, 4) is 67.3 Å². The van der Waals surface area contributed by atoms with Crippen LogP contribution in [-0.4, -0.2) is 9.97 Å². The van der Waals surface area contributed by atoms with Crippen molar-refractivity contribution < 1.29 is 4.42 Å². The molecule has 2 aromatic heterocycles. The van der Waals surface area contributed by atoms with Gasteiger partial charge < -0.3 is 4.42 Å². The van der Waals surface area contributed by atoms with Gasteiger partial charge in [0.2, 0.25) is 0 Å². The Hall–Kier alpha value is -6.58. The number of fused-ring (bicyclic) bond motifs is 8. The largest absolute Gasteiger partial charge is 0.455 e. The van der Waals surface area contributed by atoms with E-state index in [9.17, 15) is 0 Å². The molecule has 64 heavy (non-hydrogen) atoms. The van der Waals surface area contributed by atoms with Gasteiger partial charge in [-0.1, -0.05) is 140 Å². The zero-order valence-corrected chi connectivity index (χ0v) is 36.2. The third kappa shape index (κ3) is 5.65. The summed E-state index contributed by atoms with van der Waals surface area (Å²) >= 11 is 0. The molecule has 310 valence electrons. The number of para-hydroxylation sites is 1. The number of furan rings is 1. The molecule has 0 radical (unpaired) electrons. The van der Waals surface area contributed by atoms with Crippen LogP contribution in [0.2, 0.25) is 0 Å². The van der Waals surface area contributed by atoms with Crippen LogP contribution in [0, 0.1) is 17.8 Å². The van der Waals surface area contributed by atoms with E-state index in [0.717, 1.165) is 78.9 Å². The highest BCUT2D eigenvalue weighted by atomic mass is 16.3. The normalized spacial score (nSPS) is 22.4. The molecule has 3 heteroatoms. The van der Waals surface area contributed by atoms with Gasteiger partial charge in [-0.2, -0.15) is 0 Å². The lowest BCUT2D eigenvalue weighted by molar-refractivity contribution is -0.00518. The Balaban J connectivity index is 0.953. The summed E-state index contributed by atoms with van der Waals surface area (Å²) in [6.45, 7) is 0. The lowest BCUT2D eigenvalue weighted by Crippen LogP contribution is -2.48. The zero-order valence-electron chi connectivity index (χ0n) is 36.2. The van der Waals surface area contributed by atoms with E-state index in [1.165, 1.54) is 97.6 Å². The van der Waals surface area contributed by atoms with E-state index in [1.807, 2.05) is 0 Å². The molecule has 9 aromatic rings. The molecule has 0 N–H and O–H groups in total. The molecule has 0 atom stereocenters. The van der Waals surface area contributed by atoms with E-state index in [2.05, 4.69) is 164 Å². The van der Waals surface area contributed by atoms with E-state index in [4.69, 9.17) is 14.4 Å². The highest BCUT2D eigenvalue weighted by Crippen LogP contribution is 2.61. The van der Waals surface area contributed by atoms with E-state index >= 15 is 0 Å². The minimum absolute atomic E-state index is 0.0602. The fourth-order valence-electron chi connectivity index (χ4n) is 14.1. The molecule has 2 heterocycles. The van der Waals surface area contributed by atoms with Gasteiger partial charge in [0.1, 0.15) is 11.2 Å². The van der Waals surface area contributed by atoms with Crippen LogP contribution >= 0.6 is 0 Å². The maximum Gasteiger partial charge on any atom is 0.164 e. The molecule has 0 saturated heterocycles. The fraction of sp³-hybridized carbons (Fsp3) is 0.246. The highest BCUT2D eigenvalue weighted by Gasteiger charge is 2.51. The van der Waals surface area contributed by atoms with Crippen LogP contribution in [0.5, 0.6) is 0 Å². The van der Waals surface area contributed by atoms with Crippen LogP contribution in [0.1, 0.15) is 80.9 Å². The molecule has 6 aliphatic carbocycles. The van der Waals surface area contributed by atoms with E-state index < -0.39 is 0 Å². The molecule has 7 aromatic carbocycles. The Morgan fingerprint density at radius 2 is 1.06 bits per heavy atom. The van der Waals surface area contributed by atoms with Gasteiger partial charge in [-0.15, -0.1) is 0 Å². The Bertz CT molecular complexity index is 3280. The maximum atomic E-state index is 6.83. The van der Waals surface area contributed by atoms with E-state index in [-0.39, 0.29) is 5.41 Å². The monoisotopic (exact) mass is 826 g/mol. The molecule has 6 aliphatic rings. The first-order chi connectivity index (χ1) is 31.6. The zero-order chi connectivity index (χ0) is 42.0. The van der Waals surface area contributed by atoms with Crippen LogP contribution < -0.4 is 0 Å². The summed E-state index contributed by atoms with van der Waals surface area (Å²) in [4.78, 5) is 11.1. The van der Waals surface area contributed by atoms with Crippen molar-refractivity contribution in [3.63, 3.8) is 0 Å². The van der Waals surface area contributed by atoms with Crippen LogP contribution in [0.4, 0.5) is 0 Å². The quantitative estimate of drug-likeness (QED) is 0.168. The lowest BCUT2D eigenvalue weighted by atomic mass is 9.48. The third-order valence-electron chi connectivity index (χ3n) is 16.6. The van der Waals surface area contributed by atoms with Gasteiger partial charge in [0, 0.05) is 27.3 Å². The summed E-state index contributed by atoms with van der Waals surface area (Å²) < 4.78 is 6.83. The number of benzene rings is 7. The average Bonchev–Trinajstić information content (AvgIpc) is 4.06. The number of rotatable bonds is 6. The van der Waals surface area contributed by atoms with Gasteiger partial charge in [-0.3, -0.25) is 0 Å². The van der Waals surface area contributed by atoms with E-state index in [1.54, 1.807) is 5.56 Å². The Morgan fingerprint density at radius 3 is 1.84 bits per heavy atom. The average molecular weight is 827 g/mol. The minimum Gasteiger partial charge on any atom is -0.455 e. The van der Waals surface area contributed by atoms with Crippen LogP contribution in [-0.2, 0) is 10.8 Å². The number of nitrogens with zero attached hydrogens (tertiary/aromatic N) is 2. The third-order valence-corrected chi connectivity index (χ3v) is 16.6. The van der Waals surface area contributed by atoms with E-state index in [0.29, 0.717) is 11.2 Å². The summed E-state index contributed by atoms with van der Waals surface area (Å²) in [5, 5.41) is 2.20. The first-order valence-electron chi connectivity index (χ1n) is 23.9. The Labute approximate surface area is 375 Å². The highest BCUT2D eigenvalue weighted by molar-refractivity contribution is 6.11. The molecule has 3 nitrogen and oxygen atoms in total. The van der Waals surface area contributed by atoms with Gasteiger partial charge in [0.05, 0.1) is 17.0 Å². The Kier molecular flexibility index (Phi) is 8.04. The molecule has 0 amide bonds. The van der Waals surface area contributed by atoms with Crippen molar-refractivity contribution in [2.45, 2.75) is 75.0 Å². The molecule has 5 saturated carbocycles. The minimum atomic E-state index is 0.0602. The van der Waals surface area contributed by atoms with Crippen molar-refractivity contribution in [2.75, 3.05) is 0 Å². The topological polar surface area (TPSA) is 38.9 Å². The molecule has 1 spiro atoms. The van der Waals surface area contributed by atoms with Crippen LogP contribution in [0.15, 0.2) is 168 Å².